The van der Waals surface area contributed by atoms with E-state index in [1.165, 1.54) is 25.8 Å². The Balaban J connectivity index is 1.62. The van der Waals surface area contributed by atoms with Gasteiger partial charge in [0, 0.05) is 32.2 Å². The molecule has 1 heterocycles. The zero-order chi connectivity index (χ0) is 14.4. The molecule has 0 bridgehead atoms. The van der Waals surface area contributed by atoms with E-state index in [2.05, 4.69) is 22.6 Å². The highest BCUT2D eigenvalue weighted by molar-refractivity contribution is 5.73. The van der Waals surface area contributed by atoms with E-state index in [0.29, 0.717) is 5.92 Å². The maximum atomic E-state index is 11.9. The molecule has 0 aromatic heterocycles. The lowest BCUT2D eigenvalue weighted by Gasteiger charge is -2.41. The van der Waals surface area contributed by atoms with Crippen molar-refractivity contribution in [2.75, 3.05) is 46.9 Å². The van der Waals surface area contributed by atoms with Crippen LogP contribution in [0.4, 0.5) is 4.79 Å². The van der Waals surface area contributed by atoms with Gasteiger partial charge in [-0.3, -0.25) is 0 Å². The van der Waals surface area contributed by atoms with E-state index in [0.717, 1.165) is 39.1 Å². The van der Waals surface area contributed by atoms with E-state index >= 15 is 0 Å². The number of amides is 2. The molecule has 20 heavy (non-hydrogen) atoms. The molecule has 2 N–H and O–H groups in total. The van der Waals surface area contributed by atoms with E-state index in [4.69, 9.17) is 4.74 Å². The van der Waals surface area contributed by atoms with E-state index in [1.54, 1.807) is 7.11 Å². The van der Waals surface area contributed by atoms with Crippen molar-refractivity contribution in [3.63, 3.8) is 0 Å². The summed E-state index contributed by atoms with van der Waals surface area (Å²) in [5, 5.41) is 6.04. The van der Waals surface area contributed by atoms with E-state index in [-0.39, 0.29) is 11.4 Å². The Morgan fingerprint density at radius 1 is 1.35 bits per heavy atom. The summed E-state index contributed by atoms with van der Waals surface area (Å²) in [4.78, 5) is 14.2. The van der Waals surface area contributed by atoms with Crippen LogP contribution in [0.25, 0.3) is 0 Å². The van der Waals surface area contributed by atoms with E-state index in [9.17, 15) is 4.79 Å². The van der Waals surface area contributed by atoms with Crippen LogP contribution in [-0.2, 0) is 4.74 Å². The Morgan fingerprint density at radius 2 is 2.15 bits per heavy atom. The van der Waals surface area contributed by atoms with Crippen molar-refractivity contribution in [2.45, 2.75) is 32.1 Å². The van der Waals surface area contributed by atoms with Crippen LogP contribution in [0.5, 0.6) is 0 Å². The predicted molar refractivity (Wildman–Crippen MR) is 79.8 cm³/mol. The van der Waals surface area contributed by atoms with Crippen LogP contribution in [0.3, 0.4) is 0 Å². The van der Waals surface area contributed by atoms with Crippen LogP contribution in [0.1, 0.15) is 32.1 Å². The molecule has 1 unspecified atom stereocenters. The maximum absolute atomic E-state index is 11.9. The summed E-state index contributed by atoms with van der Waals surface area (Å²) in [6, 6.07) is -0.0272. The van der Waals surface area contributed by atoms with Gasteiger partial charge in [0.05, 0.1) is 6.61 Å². The van der Waals surface area contributed by atoms with Crippen LogP contribution in [0.15, 0.2) is 0 Å². The van der Waals surface area contributed by atoms with Gasteiger partial charge >= 0.3 is 6.03 Å². The summed E-state index contributed by atoms with van der Waals surface area (Å²) < 4.78 is 5.27. The van der Waals surface area contributed by atoms with Gasteiger partial charge in [-0.1, -0.05) is 6.42 Å². The highest BCUT2D eigenvalue weighted by Crippen LogP contribution is 2.40. The number of rotatable bonds is 6. The van der Waals surface area contributed by atoms with Gasteiger partial charge in [0.1, 0.15) is 0 Å². The largest absolute Gasteiger partial charge is 0.384 e. The van der Waals surface area contributed by atoms with Crippen LogP contribution < -0.4 is 10.6 Å². The number of nitrogens with one attached hydrogen (secondary N) is 2. The number of nitrogens with zero attached hydrogens (tertiary/aromatic N) is 1. The molecule has 0 aromatic rings. The molecule has 2 rings (SSSR count). The minimum absolute atomic E-state index is 0.0272. The third kappa shape index (κ3) is 4.35. The van der Waals surface area contributed by atoms with Crippen molar-refractivity contribution in [3.05, 3.63) is 0 Å². The quantitative estimate of drug-likeness (QED) is 0.775. The first-order chi connectivity index (χ1) is 9.63. The number of methoxy groups -OCH3 is 1. The molecule has 116 valence electrons. The molecule has 0 spiro atoms. The number of hydrogen-bond acceptors (Lipinski definition) is 3. The SMILES string of the molecule is COCC1(CNC(=O)NCC2CCCN(C)C2)CCC1. The summed E-state index contributed by atoms with van der Waals surface area (Å²) >= 11 is 0. The monoisotopic (exact) mass is 283 g/mol. The van der Waals surface area contributed by atoms with Crippen molar-refractivity contribution >= 4 is 6.03 Å². The average Bonchev–Trinajstić information content (AvgIpc) is 2.39. The van der Waals surface area contributed by atoms with E-state index < -0.39 is 0 Å². The fraction of sp³-hybridized carbons (Fsp3) is 0.933. The number of hydrogen-bond donors (Lipinski definition) is 2. The molecule has 1 aliphatic carbocycles. The Morgan fingerprint density at radius 3 is 2.75 bits per heavy atom. The normalized spacial score (nSPS) is 25.8. The molecule has 0 radical (unpaired) electrons. The second-order valence-electron chi connectivity index (χ2n) is 6.62. The van der Waals surface area contributed by atoms with Crippen molar-refractivity contribution in [3.8, 4) is 0 Å². The highest BCUT2D eigenvalue weighted by atomic mass is 16.5. The topological polar surface area (TPSA) is 53.6 Å². The fourth-order valence-corrected chi connectivity index (χ4v) is 3.36. The van der Waals surface area contributed by atoms with Crippen molar-refractivity contribution in [2.24, 2.45) is 11.3 Å². The minimum Gasteiger partial charge on any atom is -0.384 e. The number of carbonyl (C=O) groups excluding carboxylic acids is 1. The van der Waals surface area contributed by atoms with Crippen LogP contribution in [-0.4, -0.2) is 57.9 Å². The summed E-state index contributed by atoms with van der Waals surface area (Å²) in [5.41, 5.74) is 0.192. The molecule has 5 nitrogen and oxygen atoms in total. The molecule has 1 saturated carbocycles. The highest BCUT2D eigenvalue weighted by Gasteiger charge is 2.37. The van der Waals surface area contributed by atoms with Gasteiger partial charge in [-0.05, 0) is 45.2 Å². The lowest BCUT2D eigenvalue weighted by molar-refractivity contribution is 0.0200. The summed E-state index contributed by atoms with van der Waals surface area (Å²) in [6.07, 6.45) is 6.03. The number of ether oxygens (including phenoxy) is 1. The Bertz CT molecular complexity index is 318. The second kappa shape index (κ2) is 7.27. The lowest BCUT2D eigenvalue weighted by atomic mass is 9.69. The molecule has 5 heteroatoms. The molecule has 2 amide bonds. The van der Waals surface area contributed by atoms with Gasteiger partial charge in [0.15, 0.2) is 0 Å². The first-order valence-electron chi connectivity index (χ1n) is 7.83. The molecule has 2 aliphatic rings. The number of urea groups is 1. The minimum atomic E-state index is -0.0272. The van der Waals surface area contributed by atoms with Crippen molar-refractivity contribution < 1.29 is 9.53 Å². The number of carbonyl (C=O) groups is 1. The molecule has 2 fully saturated rings. The molecular formula is C15H29N3O2. The van der Waals surface area contributed by atoms with E-state index in [1.807, 2.05) is 0 Å². The summed E-state index contributed by atoms with van der Waals surface area (Å²) in [5.74, 6) is 0.594. The fourth-order valence-electron chi connectivity index (χ4n) is 3.36. The van der Waals surface area contributed by atoms with Gasteiger partial charge in [-0.25, -0.2) is 4.79 Å². The van der Waals surface area contributed by atoms with Crippen molar-refractivity contribution in [1.29, 1.82) is 0 Å². The maximum Gasteiger partial charge on any atom is 0.314 e. The van der Waals surface area contributed by atoms with Gasteiger partial charge in [0.2, 0.25) is 0 Å². The van der Waals surface area contributed by atoms with Gasteiger partial charge < -0.3 is 20.3 Å². The number of likely N-dealkylation sites (tertiary alicyclic amines) is 1. The molecule has 1 atom stereocenters. The molecule has 1 saturated heterocycles. The second-order valence-corrected chi connectivity index (χ2v) is 6.62. The number of piperidine rings is 1. The zero-order valence-corrected chi connectivity index (χ0v) is 12.9. The van der Waals surface area contributed by atoms with Crippen LogP contribution in [0, 0.1) is 11.3 Å². The van der Waals surface area contributed by atoms with Crippen LogP contribution in [0.2, 0.25) is 0 Å². The standard InChI is InChI=1S/C15H29N3O2/c1-18-8-3-5-13(10-18)9-16-14(19)17-11-15(12-20-2)6-4-7-15/h13H,3-12H2,1-2H3,(H2,16,17,19). The first kappa shape index (κ1) is 15.6. The predicted octanol–water partition coefficient (Wildman–Crippen LogP) is 1.44. The molecule has 0 aromatic carbocycles. The lowest BCUT2D eigenvalue weighted by Crippen LogP contribution is -2.49. The van der Waals surface area contributed by atoms with Crippen molar-refractivity contribution in [1.82, 2.24) is 15.5 Å². The Kier molecular flexibility index (Phi) is 5.66. The summed E-state index contributed by atoms with van der Waals surface area (Å²) in [6.45, 7) is 4.54. The third-order valence-corrected chi connectivity index (χ3v) is 4.76. The van der Waals surface area contributed by atoms with Gasteiger partial charge in [0.25, 0.3) is 0 Å². The third-order valence-electron chi connectivity index (χ3n) is 4.76. The Hall–Kier alpha value is -0.810. The van der Waals surface area contributed by atoms with Crippen LogP contribution >= 0.6 is 0 Å². The smallest absolute Gasteiger partial charge is 0.314 e. The average molecular weight is 283 g/mol. The van der Waals surface area contributed by atoms with Gasteiger partial charge in [-0.2, -0.15) is 0 Å². The first-order valence-corrected chi connectivity index (χ1v) is 7.83. The molecule has 1 aliphatic heterocycles. The summed E-state index contributed by atoms with van der Waals surface area (Å²) in [7, 11) is 3.89. The van der Waals surface area contributed by atoms with Gasteiger partial charge in [-0.15, -0.1) is 0 Å². The molecular weight excluding hydrogens is 254 g/mol. The Labute approximate surface area is 122 Å². The zero-order valence-electron chi connectivity index (χ0n) is 12.9.